The lowest BCUT2D eigenvalue weighted by Crippen LogP contribution is -2.04. The van der Waals surface area contributed by atoms with E-state index in [1.165, 1.54) is 0 Å². The molecule has 0 unspecified atom stereocenters. The van der Waals surface area contributed by atoms with Crippen molar-refractivity contribution in [2.24, 2.45) is 5.10 Å². The minimum Gasteiger partial charge on any atom is -0.493 e. The molecule has 0 aliphatic heterocycles. The van der Waals surface area contributed by atoms with Gasteiger partial charge in [0.15, 0.2) is 17.3 Å². The van der Waals surface area contributed by atoms with Crippen LogP contribution in [0.1, 0.15) is 27.9 Å². The van der Waals surface area contributed by atoms with Crippen LogP contribution in [0.2, 0.25) is 0 Å². The van der Waals surface area contributed by atoms with Gasteiger partial charge < -0.3 is 14.2 Å². The second-order valence-corrected chi connectivity index (χ2v) is 9.09. The smallest absolute Gasteiger partial charge is 0.174 e. The predicted octanol–water partition coefficient (Wildman–Crippen LogP) is 5.81. The third kappa shape index (κ3) is 6.66. The molecule has 0 aliphatic rings. The third-order valence-corrected chi connectivity index (χ3v) is 5.90. The number of hydrogen-bond acceptors (Lipinski definition) is 7. The molecule has 3 aromatic rings. The summed E-state index contributed by atoms with van der Waals surface area (Å²) in [6, 6.07) is 15.7. The largest absolute Gasteiger partial charge is 0.493 e. The van der Waals surface area contributed by atoms with Gasteiger partial charge in [0.25, 0.3) is 0 Å². The highest BCUT2D eigenvalue weighted by atomic mass is 127. The summed E-state index contributed by atoms with van der Waals surface area (Å²) in [4.78, 5) is 4.39. The number of ether oxygens (including phenoxy) is 3. The molecule has 3 rings (SSSR count). The summed E-state index contributed by atoms with van der Waals surface area (Å²) in [5.41, 5.74) is 6.67. The van der Waals surface area contributed by atoms with Gasteiger partial charge in [-0.2, -0.15) is 10.4 Å². The minimum atomic E-state index is 0.321. The highest BCUT2D eigenvalue weighted by Crippen LogP contribution is 2.34. The molecule has 0 atom stereocenters. The zero-order chi connectivity index (χ0) is 23.8. The first-order valence-electron chi connectivity index (χ1n) is 9.88. The fourth-order valence-corrected chi connectivity index (χ4v) is 4.12. The van der Waals surface area contributed by atoms with Crippen molar-refractivity contribution in [3.05, 3.63) is 78.5 Å². The number of halogens is 2. The maximum absolute atomic E-state index is 9.54. The average molecular weight is 621 g/mol. The Morgan fingerprint density at radius 1 is 1.18 bits per heavy atom. The number of methoxy groups -OCH3 is 2. The number of hydrazone groups is 1. The molecule has 0 radical (unpaired) electrons. The van der Waals surface area contributed by atoms with Crippen molar-refractivity contribution in [3.63, 3.8) is 0 Å². The minimum absolute atomic E-state index is 0.321. The number of nitrogens with one attached hydrogen (secondary N) is 1. The van der Waals surface area contributed by atoms with Gasteiger partial charge >= 0.3 is 0 Å². The van der Waals surface area contributed by atoms with Crippen LogP contribution in [0, 0.1) is 21.8 Å². The molecular formula is C24H22BrIN4O3. The Balaban J connectivity index is 1.77. The first-order valence-corrected chi connectivity index (χ1v) is 11.8. The van der Waals surface area contributed by atoms with Crippen molar-refractivity contribution in [1.29, 1.82) is 5.26 Å². The van der Waals surface area contributed by atoms with Gasteiger partial charge in [-0.1, -0.05) is 28.1 Å². The number of rotatable bonds is 9. The van der Waals surface area contributed by atoms with Crippen molar-refractivity contribution in [2.45, 2.75) is 20.1 Å². The van der Waals surface area contributed by atoms with Crippen LogP contribution in [0.3, 0.4) is 0 Å². The topological polar surface area (TPSA) is 88.8 Å². The standard InChI is InChI=1S/C24H22BrIN4O3/c1-15-8-18(14-31-2)20(11-27)24(29-15)30-28-12-17-9-21(26)23(22(10-17)32-3)33-13-16-4-6-19(25)7-5-16/h4-10,12H,13-14H2,1-3H3,(H,29,30). The Hall–Kier alpha value is -2.68. The fourth-order valence-electron chi connectivity index (χ4n) is 3.07. The van der Waals surface area contributed by atoms with Gasteiger partial charge in [0.05, 0.1) is 23.5 Å². The van der Waals surface area contributed by atoms with Gasteiger partial charge in [0, 0.05) is 22.8 Å². The van der Waals surface area contributed by atoms with Gasteiger partial charge in [-0.05, 0) is 71.0 Å². The van der Waals surface area contributed by atoms with E-state index in [1.807, 2.05) is 49.4 Å². The van der Waals surface area contributed by atoms with Crippen LogP contribution in [0.4, 0.5) is 5.82 Å². The second-order valence-electron chi connectivity index (χ2n) is 7.01. The van der Waals surface area contributed by atoms with E-state index in [1.54, 1.807) is 20.4 Å². The van der Waals surface area contributed by atoms with Crippen molar-refractivity contribution < 1.29 is 14.2 Å². The summed E-state index contributed by atoms with van der Waals surface area (Å²) < 4.78 is 18.7. The van der Waals surface area contributed by atoms with Gasteiger partial charge in [0.2, 0.25) is 0 Å². The quantitative estimate of drug-likeness (QED) is 0.185. The predicted molar refractivity (Wildman–Crippen MR) is 140 cm³/mol. The molecule has 1 heterocycles. The number of aromatic nitrogens is 1. The van der Waals surface area contributed by atoms with E-state index in [0.717, 1.165) is 30.4 Å². The molecule has 0 fully saturated rings. The third-order valence-electron chi connectivity index (χ3n) is 4.57. The summed E-state index contributed by atoms with van der Waals surface area (Å²) in [6.45, 7) is 2.60. The number of anilines is 1. The number of benzene rings is 2. The van der Waals surface area contributed by atoms with Crippen molar-refractivity contribution in [1.82, 2.24) is 4.98 Å². The number of nitriles is 1. The van der Waals surface area contributed by atoms with Gasteiger partial charge in [-0.3, -0.25) is 5.43 Å². The molecule has 170 valence electrons. The summed E-state index contributed by atoms with van der Waals surface area (Å²) in [5.74, 6) is 1.66. The SMILES string of the molecule is COCc1cc(C)nc(NN=Cc2cc(I)c(OCc3ccc(Br)cc3)c(OC)c2)c1C#N. The molecule has 0 saturated carbocycles. The normalized spacial score (nSPS) is 10.8. The summed E-state index contributed by atoms with van der Waals surface area (Å²) in [7, 11) is 3.19. The van der Waals surface area contributed by atoms with Gasteiger partial charge in [-0.25, -0.2) is 4.98 Å². The number of pyridine rings is 1. The van der Waals surface area contributed by atoms with Crippen LogP contribution in [0.5, 0.6) is 11.5 Å². The van der Waals surface area contributed by atoms with E-state index in [0.29, 0.717) is 36.1 Å². The van der Waals surface area contributed by atoms with E-state index in [9.17, 15) is 5.26 Å². The van der Waals surface area contributed by atoms with Crippen LogP contribution in [-0.2, 0) is 18.0 Å². The number of aryl methyl sites for hydroxylation is 1. The van der Waals surface area contributed by atoms with Crippen LogP contribution in [0.15, 0.2) is 52.0 Å². The lowest BCUT2D eigenvalue weighted by Gasteiger charge is -2.14. The molecular weight excluding hydrogens is 599 g/mol. The average Bonchev–Trinajstić information content (AvgIpc) is 2.79. The molecule has 0 saturated heterocycles. The van der Waals surface area contributed by atoms with Crippen LogP contribution < -0.4 is 14.9 Å². The summed E-state index contributed by atoms with van der Waals surface area (Å²) >= 11 is 5.65. The zero-order valence-electron chi connectivity index (χ0n) is 18.4. The Morgan fingerprint density at radius 2 is 1.94 bits per heavy atom. The van der Waals surface area contributed by atoms with Crippen LogP contribution >= 0.6 is 38.5 Å². The summed E-state index contributed by atoms with van der Waals surface area (Å²) in [5, 5.41) is 13.8. The first kappa shape index (κ1) is 25.0. The van der Waals surface area contributed by atoms with E-state index < -0.39 is 0 Å². The molecule has 7 nitrogen and oxygen atoms in total. The Bertz CT molecular complexity index is 1190. The van der Waals surface area contributed by atoms with Gasteiger partial charge in [0.1, 0.15) is 18.2 Å². The van der Waals surface area contributed by atoms with E-state index in [2.05, 4.69) is 60.1 Å². The first-order chi connectivity index (χ1) is 15.9. The van der Waals surface area contributed by atoms with Crippen LogP contribution in [0.25, 0.3) is 0 Å². The monoisotopic (exact) mass is 620 g/mol. The number of hydrogen-bond donors (Lipinski definition) is 1. The number of nitrogens with zero attached hydrogens (tertiary/aromatic N) is 3. The Labute approximate surface area is 215 Å². The molecule has 0 spiro atoms. The Kier molecular flexibility index (Phi) is 9.05. The highest BCUT2D eigenvalue weighted by molar-refractivity contribution is 14.1. The van der Waals surface area contributed by atoms with Crippen molar-refractivity contribution >= 4 is 50.6 Å². The van der Waals surface area contributed by atoms with Crippen molar-refractivity contribution in [3.8, 4) is 17.6 Å². The molecule has 0 aliphatic carbocycles. The lowest BCUT2D eigenvalue weighted by atomic mass is 10.1. The molecule has 9 heteroatoms. The van der Waals surface area contributed by atoms with Crippen molar-refractivity contribution in [2.75, 3.05) is 19.6 Å². The molecule has 1 aromatic heterocycles. The highest BCUT2D eigenvalue weighted by Gasteiger charge is 2.13. The zero-order valence-corrected chi connectivity index (χ0v) is 22.1. The molecule has 2 aromatic carbocycles. The van der Waals surface area contributed by atoms with E-state index >= 15 is 0 Å². The molecule has 0 amide bonds. The fraction of sp³-hybridized carbons (Fsp3) is 0.208. The van der Waals surface area contributed by atoms with E-state index in [-0.39, 0.29) is 0 Å². The second kappa shape index (κ2) is 12.0. The maximum Gasteiger partial charge on any atom is 0.174 e. The molecule has 0 bridgehead atoms. The maximum atomic E-state index is 9.54. The van der Waals surface area contributed by atoms with E-state index in [4.69, 9.17) is 14.2 Å². The lowest BCUT2D eigenvalue weighted by molar-refractivity contribution is 0.184. The molecule has 1 N–H and O–H groups in total. The van der Waals surface area contributed by atoms with Gasteiger partial charge in [-0.15, -0.1) is 0 Å². The summed E-state index contributed by atoms with van der Waals surface area (Å²) in [6.07, 6.45) is 1.64. The Morgan fingerprint density at radius 3 is 2.61 bits per heavy atom. The molecule has 33 heavy (non-hydrogen) atoms. The van der Waals surface area contributed by atoms with Crippen LogP contribution in [-0.4, -0.2) is 25.4 Å².